The van der Waals surface area contributed by atoms with E-state index in [-0.39, 0.29) is 11.0 Å². The summed E-state index contributed by atoms with van der Waals surface area (Å²) in [6.07, 6.45) is 0. The molecule has 3 aromatic carbocycles. The van der Waals surface area contributed by atoms with Gasteiger partial charge in [0.1, 0.15) is 24.7 Å². The molecular weight excluding hydrogens is 476 g/mol. The zero-order chi connectivity index (χ0) is 24.3. The van der Waals surface area contributed by atoms with Gasteiger partial charge in [-0.3, -0.25) is 10.1 Å². The van der Waals surface area contributed by atoms with E-state index in [1.807, 2.05) is 30.3 Å². The van der Waals surface area contributed by atoms with Crippen molar-refractivity contribution in [3.8, 4) is 23.0 Å². The van der Waals surface area contributed by atoms with Crippen molar-refractivity contribution in [3.05, 3.63) is 82.9 Å². The standard InChI is InChI=1S/C25H25ClN2O5S/c1-30-22-14-18(21(26)15-23(22)31-2)16-27-25(34)28-24(29)17-7-6-10-20(13-17)33-12-11-32-19-8-4-3-5-9-19/h3-10,13-15H,11-12,16H2,1-2H3,(H2,27,28,29,34). The highest BCUT2D eigenvalue weighted by Gasteiger charge is 2.12. The van der Waals surface area contributed by atoms with E-state index in [1.54, 1.807) is 43.5 Å². The van der Waals surface area contributed by atoms with Gasteiger partial charge in [0.05, 0.1) is 14.2 Å². The van der Waals surface area contributed by atoms with Gasteiger partial charge in [-0.15, -0.1) is 0 Å². The number of carbonyl (C=O) groups is 1. The van der Waals surface area contributed by atoms with Crippen LogP contribution in [0.15, 0.2) is 66.7 Å². The van der Waals surface area contributed by atoms with E-state index in [2.05, 4.69) is 10.6 Å². The van der Waals surface area contributed by atoms with Crippen molar-refractivity contribution in [2.24, 2.45) is 0 Å². The largest absolute Gasteiger partial charge is 0.493 e. The van der Waals surface area contributed by atoms with Crippen molar-refractivity contribution in [3.63, 3.8) is 0 Å². The molecule has 3 aromatic rings. The summed E-state index contributed by atoms with van der Waals surface area (Å²) in [5, 5.41) is 6.28. The number of para-hydroxylation sites is 1. The first-order valence-corrected chi connectivity index (χ1v) is 11.2. The molecule has 9 heteroatoms. The molecule has 2 N–H and O–H groups in total. The van der Waals surface area contributed by atoms with Crippen LogP contribution in [0.2, 0.25) is 5.02 Å². The second kappa shape index (κ2) is 12.7. The quantitative estimate of drug-likeness (QED) is 0.310. The molecule has 0 aliphatic rings. The van der Waals surface area contributed by atoms with Gasteiger partial charge in [-0.05, 0) is 54.2 Å². The Morgan fingerprint density at radius 3 is 2.24 bits per heavy atom. The Morgan fingerprint density at radius 1 is 0.882 bits per heavy atom. The molecule has 0 saturated heterocycles. The second-order valence-electron chi connectivity index (χ2n) is 6.97. The van der Waals surface area contributed by atoms with E-state index in [0.29, 0.717) is 47.6 Å². The third-order valence-corrected chi connectivity index (χ3v) is 5.28. The van der Waals surface area contributed by atoms with E-state index in [1.165, 1.54) is 7.11 Å². The van der Waals surface area contributed by atoms with E-state index >= 15 is 0 Å². The van der Waals surface area contributed by atoms with Gasteiger partial charge in [0, 0.05) is 23.2 Å². The van der Waals surface area contributed by atoms with Crippen LogP contribution in [0.1, 0.15) is 15.9 Å². The highest BCUT2D eigenvalue weighted by atomic mass is 35.5. The Labute approximate surface area is 208 Å². The zero-order valence-electron chi connectivity index (χ0n) is 18.8. The first kappa shape index (κ1) is 25.1. The first-order chi connectivity index (χ1) is 16.5. The van der Waals surface area contributed by atoms with Gasteiger partial charge in [-0.2, -0.15) is 0 Å². The maximum absolute atomic E-state index is 12.6. The number of thiocarbonyl (C=S) groups is 1. The Balaban J connectivity index is 1.49. The number of hydrogen-bond acceptors (Lipinski definition) is 6. The van der Waals surface area contributed by atoms with Crippen molar-refractivity contribution in [2.45, 2.75) is 6.54 Å². The van der Waals surface area contributed by atoms with Crippen molar-refractivity contribution >= 4 is 34.8 Å². The highest BCUT2D eigenvalue weighted by Crippen LogP contribution is 2.33. The molecule has 0 spiro atoms. The Kier molecular flexibility index (Phi) is 9.37. The minimum absolute atomic E-state index is 0.165. The van der Waals surface area contributed by atoms with Crippen LogP contribution in [0, 0.1) is 0 Å². The average Bonchev–Trinajstić information content (AvgIpc) is 2.86. The minimum atomic E-state index is -0.359. The molecule has 7 nitrogen and oxygen atoms in total. The van der Waals surface area contributed by atoms with Crippen molar-refractivity contribution < 1.29 is 23.7 Å². The predicted molar refractivity (Wildman–Crippen MR) is 135 cm³/mol. The number of amides is 1. The van der Waals surface area contributed by atoms with E-state index in [0.717, 1.165) is 11.3 Å². The van der Waals surface area contributed by atoms with Crippen LogP contribution in [0.25, 0.3) is 0 Å². The molecule has 0 aliphatic carbocycles. The molecular formula is C25H25ClN2O5S. The van der Waals surface area contributed by atoms with Gasteiger partial charge in [0.2, 0.25) is 0 Å². The lowest BCUT2D eigenvalue weighted by Crippen LogP contribution is -2.38. The summed E-state index contributed by atoms with van der Waals surface area (Å²) in [4.78, 5) is 12.6. The molecule has 0 bridgehead atoms. The molecule has 178 valence electrons. The smallest absolute Gasteiger partial charge is 0.257 e. The average molecular weight is 501 g/mol. The van der Waals surface area contributed by atoms with Crippen LogP contribution in [-0.4, -0.2) is 38.5 Å². The summed E-state index contributed by atoms with van der Waals surface area (Å²) in [5.41, 5.74) is 1.15. The molecule has 1 amide bonds. The Bertz CT molecular complexity index is 1130. The van der Waals surface area contributed by atoms with Gasteiger partial charge in [-0.1, -0.05) is 35.9 Å². The summed E-state index contributed by atoms with van der Waals surface area (Å²) in [6.45, 7) is 1.02. The predicted octanol–water partition coefficient (Wildman–Crippen LogP) is 4.62. The van der Waals surface area contributed by atoms with Crippen molar-refractivity contribution in [1.29, 1.82) is 0 Å². The second-order valence-corrected chi connectivity index (χ2v) is 7.79. The number of nitrogens with one attached hydrogen (secondary N) is 2. The summed E-state index contributed by atoms with van der Waals surface area (Å²) < 4.78 is 21.8. The van der Waals surface area contributed by atoms with Crippen molar-refractivity contribution in [2.75, 3.05) is 27.4 Å². The molecule has 0 aromatic heterocycles. The lowest BCUT2D eigenvalue weighted by molar-refractivity contribution is 0.0976. The molecule has 0 unspecified atom stereocenters. The van der Waals surface area contributed by atoms with E-state index in [4.69, 9.17) is 42.8 Å². The number of methoxy groups -OCH3 is 2. The molecule has 3 rings (SSSR count). The molecule has 0 radical (unpaired) electrons. The van der Waals surface area contributed by atoms with Gasteiger partial charge >= 0.3 is 0 Å². The number of hydrogen-bond donors (Lipinski definition) is 2. The first-order valence-electron chi connectivity index (χ1n) is 10.4. The van der Waals surface area contributed by atoms with Gasteiger partial charge in [-0.25, -0.2) is 0 Å². The summed E-state index contributed by atoms with van der Waals surface area (Å²) in [7, 11) is 3.08. The topological polar surface area (TPSA) is 78.1 Å². The summed E-state index contributed by atoms with van der Waals surface area (Å²) in [6, 6.07) is 19.7. The highest BCUT2D eigenvalue weighted by molar-refractivity contribution is 7.80. The number of halogens is 1. The number of ether oxygens (including phenoxy) is 4. The van der Waals surface area contributed by atoms with Gasteiger partial charge in [0.15, 0.2) is 16.6 Å². The third kappa shape index (κ3) is 7.26. The van der Waals surface area contributed by atoms with Crippen LogP contribution < -0.4 is 29.6 Å². The Hall–Kier alpha value is -3.49. The Morgan fingerprint density at radius 2 is 1.53 bits per heavy atom. The lowest BCUT2D eigenvalue weighted by atomic mass is 10.2. The van der Waals surface area contributed by atoms with Crippen LogP contribution >= 0.6 is 23.8 Å². The molecule has 0 saturated carbocycles. The van der Waals surface area contributed by atoms with Gasteiger partial charge in [0.25, 0.3) is 5.91 Å². The number of carbonyl (C=O) groups excluding carboxylic acids is 1. The van der Waals surface area contributed by atoms with E-state index in [9.17, 15) is 4.79 Å². The van der Waals surface area contributed by atoms with Crippen LogP contribution in [-0.2, 0) is 6.54 Å². The zero-order valence-corrected chi connectivity index (χ0v) is 20.4. The fraction of sp³-hybridized carbons (Fsp3) is 0.200. The fourth-order valence-corrected chi connectivity index (χ4v) is 3.37. The number of benzene rings is 3. The van der Waals surface area contributed by atoms with Crippen LogP contribution in [0.5, 0.6) is 23.0 Å². The monoisotopic (exact) mass is 500 g/mol. The van der Waals surface area contributed by atoms with Crippen molar-refractivity contribution in [1.82, 2.24) is 10.6 Å². The summed E-state index contributed by atoms with van der Waals surface area (Å²) in [5.74, 6) is 2.04. The maximum Gasteiger partial charge on any atom is 0.257 e. The maximum atomic E-state index is 12.6. The lowest BCUT2D eigenvalue weighted by Gasteiger charge is -2.14. The molecule has 0 fully saturated rings. The number of rotatable bonds is 10. The van der Waals surface area contributed by atoms with Gasteiger partial charge < -0.3 is 24.3 Å². The molecule has 0 aliphatic heterocycles. The molecule has 0 heterocycles. The SMILES string of the molecule is COc1cc(Cl)c(CNC(=S)NC(=O)c2cccc(OCCOc3ccccc3)c2)cc1OC. The van der Waals surface area contributed by atoms with Crippen LogP contribution in [0.3, 0.4) is 0 Å². The molecule has 34 heavy (non-hydrogen) atoms. The summed E-state index contributed by atoms with van der Waals surface area (Å²) >= 11 is 11.6. The van der Waals surface area contributed by atoms with E-state index < -0.39 is 0 Å². The normalized spacial score (nSPS) is 10.2. The third-order valence-electron chi connectivity index (χ3n) is 4.68. The fourth-order valence-electron chi connectivity index (χ4n) is 2.99. The van der Waals surface area contributed by atoms with Crippen LogP contribution in [0.4, 0.5) is 0 Å². The minimum Gasteiger partial charge on any atom is -0.493 e. The molecule has 0 atom stereocenters.